The summed E-state index contributed by atoms with van der Waals surface area (Å²) in [5.74, 6) is -1.26. The lowest BCUT2D eigenvalue weighted by Crippen LogP contribution is -2.52. The molecule has 1 saturated heterocycles. The summed E-state index contributed by atoms with van der Waals surface area (Å²) in [6.45, 7) is 2.78. The molecule has 0 spiro atoms. The minimum Gasteiger partial charge on any atom is -0.508 e. The zero-order chi connectivity index (χ0) is 24.7. The number of hydrogen-bond acceptors (Lipinski definition) is 4. The van der Waals surface area contributed by atoms with Gasteiger partial charge in [-0.1, -0.05) is 31.5 Å². The number of rotatable bonds is 10. The van der Waals surface area contributed by atoms with Crippen LogP contribution in [-0.4, -0.2) is 49.2 Å². The van der Waals surface area contributed by atoms with Gasteiger partial charge in [0.15, 0.2) is 0 Å². The standard InChI is InChI=1S/C25H32F2N2O4S/c1-2-3-14-34(32,33)28-24(16-18-4-8-22(30)9-5-18)25(31)29-12-10-19(11-13-29)15-20-6-7-21(26)17-23(20)27/h4-9,17,19,24,28,30H,2-3,10-16H2,1H3/t24-/m1/s1. The Hall–Kier alpha value is -2.52. The second-order valence-electron chi connectivity index (χ2n) is 8.92. The molecule has 0 radical (unpaired) electrons. The van der Waals surface area contributed by atoms with Gasteiger partial charge in [-0.15, -0.1) is 0 Å². The Kier molecular flexibility index (Phi) is 9.02. The molecule has 2 N–H and O–H groups in total. The van der Waals surface area contributed by atoms with Gasteiger partial charge in [0.05, 0.1) is 5.75 Å². The lowest BCUT2D eigenvalue weighted by Gasteiger charge is -2.34. The number of sulfonamides is 1. The summed E-state index contributed by atoms with van der Waals surface area (Å²) in [6.07, 6.45) is 3.16. The summed E-state index contributed by atoms with van der Waals surface area (Å²) in [6, 6.07) is 8.98. The summed E-state index contributed by atoms with van der Waals surface area (Å²) >= 11 is 0. The molecule has 0 aliphatic carbocycles. The van der Waals surface area contributed by atoms with Gasteiger partial charge in [-0.3, -0.25) is 4.79 Å². The molecule has 1 heterocycles. The van der Waals surface area contributed by atoms with Crippen LogP contribution < -0.4 is 4.72 Å². The summed E-state index contributed by atoms with van der Waals surface area (Å²) in [5, 5.41) is 9.52. The molecule has 2 aromatic carbocycles. The van der Waals surface area contributed by atoms with Crippen LogP contribution in [0.15, 0.2) is 42.5 Å². The van der Waals surface area contributed by atoms with E-state index in [0.29, 0.717) is 44.3 Å². The third-order valence-corrected chi connectivity index (χ3v) is 7.68. The highest BCUT2D eigenvalue weighted by molar-refractivity contribution is 7.89. The summed E-state index contributed by atoms with van der Waals surface area (Å²) in [7, 11) is -3.63. The van der Waals surface area contributed by atoms with Crippen molar-refractivity contribution in [1.29, 1.82) is 0 Å². The van der Waals surface area contributed by atoms with E-state index in [1.54, 1.807) is 17.0 Å². The first kappa shape index (κ1) is 26.1. The van der Waals surface area contributed by atoms with Crippen LogP contribution in [0.5, 0.6) is 5.75 Å². The van der Waals surface area contributed by atoms with Crippen LogP contribution in [0.1, 0.15) is 43.7 Å². The minimum absolute atomic E-state index is 0.0475. The maximum atomic E-state index is 14.0. The summed E-state index contributed by atoms with van der Waals surface area (Å²) in [5.41, 5.74) is 1.19. The fourth-order valence-corrected chi connectivity index (χ4v) is 5.64. The van der Waals surface area contributed by atoms with E-state index in [1.165, 1.54) is 24.3 Å². The summed E-state index contributed by atoms with van der Waals surface area (Å²) < 4.78 is 54.9. The quantitative estimate of drug-likeness (QED) is 0.526. The molecule has 3 rings (SSSR count). The van der Waals surface area contributed by atoms with Crippen LogP contribution in [0.3, 0.4) is 0 Å². The van der Waals surface area contributed by atoms with E-state index >= 15 is 0 Å². The first-order chi connectivity index (χ1) is 16.2. The number of nitrogens with one attached hydrogen (secondary N) is 1. The van der Waals surface area contributed by atoms with Gasteiger partial charge in [0, 0.05) is 19.2 Å². The highest BCUT2D eigenvalue weighted by atomic mass is 32.2. The normalized spacial score (nSPS) is 15.9. The number of likely N-dealkylation sites (tertiary alicyclic amines) is 1. The van der Waals surface area contributed by atoms with E-state index in [9.17, 15) is 27.1 Å². The van der Waals surface area contributed by atoms with Gasteiger partial charge < -0.3 is 10.0 Å². The monoisotopic (exact) mass is 494 g/mol. The first-order valence-corrected chi connectivity index (χ1v) is 13.3. The predicted molar refractivity (Wildman–Crippen MR) is 127 cm³/mol. The van der Waals surface area contributed by atoms with E-state index < -0.39 is 27.7 Å². The zero-order valence-corrected chi connectivity index (χ0v) is 20.2. The topological polar surface area (TPSA) is 86.7 Å². The molecule has 0 saturated carbocycles. The van der Waals surface area contributed by atoms with Gasteiger partial charge in [-0.05, 0) is 67.3 Å². The number of unbranched alkanes of at least 4 members (excludes halogenated alkanes) is 1. The molecule has 0 aromatic heterocycles. The second kappa shape index (κ2) is 11.8. The van der Waals surface area contributed by atoms with Crippen LogP contribution in [0.25, 0.3) is 0 Å². The molecular formula is C25H32F2N2O4S. The number of halogens is 2. The van der Waals surface area contributed by atoms with Crippen molar-refractivity contribution in [3.05, 3.63) is 65.2 Å². The van der Waals surface area contributed by atoms with Crippen molar-refractivity contribution in [3.8, 4) is 5.75 Å². The van der Waals surface area contributed by atoms with Gasteiger partial charge in [-0.2, -0.15) is 0 Å². The fraction of sp³-hybridized carbons (Fsp3) is 0.480. The Morgan fingerprint density at radius 1 is 1.15 bits per heavy atom. The number of piperidine rings is 1. The first-order valence-electron chi connectivity index (χ1n) is 11.7. The van der Waals surface area contributed by atoms with Crippen LogP contribution in [0.2, 0.25) is 0 Å². The number of carbonyl (C=O) groups excluding carboxylic acids is 1. The van der Waals surface area contributed by atoms with Gasteiger partial charge in [0.2, 0.25) is 15.9 Å². The Balaban J connectivity index is 1.66. The lowest BCUT2D eigenvalue weighted by molar-refractivity contribution is -0.134. The van der Waals surface area contributed by atoms with Crippen molar-refractivity contribution >= 4 is 15.9 Å². The van der Waals surface area contributed by atoms with Crippen LogP contribution >= 0.6 is 0 Å². The van der Waals surface area contributed by atoms with Crippen molar-refractivity contribution in [2.75, 3.05) is 18.8 Å². The number of amides is 1. The van der Waals surface area contributed by atoms with Crippen LogP contribution in [0, 0.1) is 17.6 Å². The molecule has 1 aliphatic rings. The van der Waals surface area contributed by atoms with E-state index in [0.717, 1.165) is 18.1 Å². The van der Waals surface area contributed by atoms with E-state index in [1.807, 2.05) is 6.92 Å². The lowest BCUT2D eigenvalue weighted by atomic mass is 9.89. The molecule has 2 aromatic rings. The van der Waals surface area contributed by atoms with Gasteiger partial charge in [0.1, 0.15) is 23.4 Å². The van der Waals surface area contributed by atoms with Gasteiger partial charge >= 0.3 is 0 Å². The molecule has 186 valence electrons. The van der Waals surface area contributed by atoms with Crippen molar-refractivity contribution in [2.24, 2.45) is 5.92 Å². The van der Waals surface area contributed by atoms with Crippen molar-refractivity contribution in [2.45, 2.75) is 51.5 Å². The number of carbonyl (C=O) groups is 1. The number of aromatic hydroxyl groups is 1. The smallest absolute Gasteiger partial charge is 0.241 e. The molecule has 1 fully saturated rings. The molecule has 1 amide bonds. The number of nitrogens with zero attached hydrogens (tertiary/aromatic N) is 1. The van der Waals surface area contributed by atoms with Gasteiger partial charge in [-0.25, -0.2) is 21.9 Å². The molecule has 1 aliphatic heterocycles. The Labute approximate surface area is 200 Å². The average Bonchev–Trinajstić information content (AvgIpc) is 2.80. The van der Waals surface area contributed by atoms with E-state index in [-0.39, 0.29) is 29.7 Å². The van der Waals surface area contributed by atoms with Crippen LogP contribution in [0.4, 0.5) is 8.78 Å². The van der Waals surface area contributed by atoms with Crippen molar-refractivity contribution < 1.29 is 27.1 Å². The van der Waals surface area contributed by atoms with Crippen molar-refractivity contribution in [3.63, 3.8) is 0 Å². The van der Waals surface area contributed by atoms with Crippen molar-refractivity contribution in [1.82, 2.24) is 9.62 Å². The third-order valence-electron chi connectivity index (χ3n) is 6.21. The summed E-state index contributed by atoms with van der Waals surface area (Å²) in [4.78, 5) is 15.0. The number of phenols is 1. The van der Waals surface area contributed by atoms with Gasteiger partial charge in [0.25, 0.3) is 0 Å². The largest absolute Gasteiger partial charge is 0.508 e. The SMILES string of the molecule is CCCCS(=O)(=O)N[C@H](Cc1ccc(O)cc1)C(=O)N1CCC(Cc2ccc(F)cc2F)CC1. The Morgan fingerprint density at radius 2 is 1.82 bits per heavy atom. The molecule has 9 heteroatoms. The molecule has 34 heavy (non-hydrogen) atoms. The maximum Gasteiger partial charge on any atom is 0.241 e. The van der Waals surface area contributed by atoms with E-state index in [4.69, 9.17) is 0 Å². The molecule has 0 unspecified atom stereocenters. The Bertz CT molecular complexity index is 1070. The maximum absolute atomic E-state index is 14.0. The molecule has 0 bridgehead atoms. The highest BCUT2D eigenvalue weighted by Crippen LogP contribution is 2.24. The zero-order valence-electron chi connectivity index (χ0n) is 19.3. The molecule has 6 nitrogen and oxygen atoms in total. The number of benzene rings is 2. The van der Waals surface area contributed by atoms with E-state index in [2.05, 4.69) is 4.72 Å². The third kappa shape index (κ3) is 7.50. The Morgan fingerprint density at radius 3 is 2.44 bits per heavy atom. The second-order valence-corrected chi connectivity index (χ2v) is 10.8. The number of hydrogen-bond donors (Lipinski definition) is 2. The average molecular weight is 495 g/mol. The highest BCUT2D eigenvalue weighted by Gasteiger charge is 2.31. The predicted octanol–water partition coefficient (Wildman–Crippen LogP) is 3.78. The molecule has 1 atom stereocenters. The fourth-order valence-electron chi connectivity index (χ4n) is 4.23. The number of phenolic OH excluding ortho intramolecular Hbond substituents is 1. The molecular weight excluding hydrogens is 462 g/mol. The minimum atomic E-state index is -3.63. The van der Waals surface area contributed by atoms with Crippen LogP contribution in [-0.2, 0) is 27.7 Å².